The molecular formula is C10H11O3S-. The normalized spacial score (nSPS) is 19.9. The fourth-order valence-corrected chi connectivity index (χ4v) is 2.23. The second-order valence-electron chi connectivity index (χ2n) is 4.02. The third-order valence-electron chi connectivity index (χ3n) is 2.23. The summed E-state index contributed by atoms with van der Waals surface area (Å²) < 4.78 is 27.4. The van der Waals surface area contributed by atoms with Crippen molar-refractivity contribution in [2.45, 2.75) is 30.8 Å². The molecule has 0 amide bonds. The molecule has 76 valence electrons. The van der Waals surface area contributed by atoms with Crippen LogP contribution >= 0.6 is 0 Å². The predicted octanol–water partition coefficient (Wildman–Crippen LogP) is 1.64. The highest BCUT2D eigenvalue weighted by Crippen LogP contribution is 2.38. The Hall–Kier alpha value is -0.870. The lowest BCUT2D eigenvalue weighted by molar-refractivity contribution is 0.135. The molecule has 0 N–H and O–H groups in total. The number of benzene rings is 1. The maximum atomic E-state index is 10.9. The molecule has 1 unspecified atom stereocenters. The molecule has 0 saturated carbocycles. The van der Waals surface area contributed by atoms with Crippen molar-refractivity contribution >= 4 is 11.1 Å². The highest BCUT2D eigenvalue weighted by molar-refractivity contribution is 7.79. The molecule has 4 heteroatoms. The van der Waals surface area contributed by atoms with Gasteiger partial charge in [0.2, 0.25) is 0 Å². The first-order chi connectivity index (χ1) is 6.49. The zero-order valence-electron chi connectivity index (χ0n) is 8.07. The zero-order valence-corrected chi connectivity index (χ0v) is 8.89. The number of ether oxygens (including phenoxy) is 1. The van der Waals surface area contributed by atoms with Crippen LogP contribution in [0.25, 0.3) is 0 Å². The Morgan fingerprint density at radius 3 is 2.86 bits per heavy atom. The van der Waals surface area contributed by atoms with Gasteiger partial charge in [-0.2, -0.15) is 0 Å². The molecule has 1 aliphatic rings. The van der Waals surface area contributed by atoms with Crippen LogP contribution in [0, 0.1) is 0 Å². The van der Waals surface area contributed by atoms with Gasteiger partial charge in [0.25, 0.3) is 0 Å². The molecule has 0 bridgehead atoms. The van der Waals surface area contributed by atoms with Crippen molar-refractivity contribution in [1.29, 1.82) is 0 Å². The average molecular weight is 211 g/mol. The summed E-state index contributed by atoms with van der Waals surface area (Å²) in [5, 5.41) is 0. The topological polar surface area (TPSA) is 49.4 Å². The Morgan fingerprint density at radius 2 is 2.21 bits per heavy atom. The van der Waals surface area contributed by atoms with Gasteiger partial charge < -0.3 is 9.29 Å². The lowest BCUT2D eigenvalue weighted by atomic mass is 10.0. The van der Waals surface area contributed by atoms with Gasteiger partial charge in [0.1, 0.15) is 11.4 Å². The first kappa shape index (κ1) is 9.68. The molecule has 0 spiro atoms. The van der Waals surface area contributed by atoms with E-state index in [2.05, 4.69) is 0 Å². The minimum atomic E-state index is -2.22. The van der Waals surface area contributed by atoms with Crippen LogP contribution in [0.4, 0.5) is 0 Å². The van der Waals surface area contributed by atoms with Crippen LogP contribution in [-0.4, -0.2) is 14.4 Å². The summed E-state index contributed by atoms with van der Waals surface area (Å²) in [6.07, 6.45) is 0.757. The van der Waals surface area contributed by atoms with Crippen LogP contribution in [-0.2, 0) is 17.5 Å². The van der Waals surface area contributed by atoms with Gasteiger partial charge in [-0.15, -0.1) is 0 Å². The summed E-state index contributed by atoms with van der Waals surface area (Å²) in [6, 6.07) is 5.21. The van der Waals surface area contributed by atoms with E-state index >= 15 is 0 Å². The first-order valence-corrected chi connectivity index (χ1v) is 5.47. The molecule has 1 atom stereocenters. The lowest BCUT2D eigenvalue weighted by Crippen LogP contribution is -2.24. The Bertz CT molecular complexity index is 398. The van der Waals surface area contributed by atoms with Gasteiger partial charge in [0.15, 0.2) is 0 Å². The van der Waals surface area contributed by atoms with Gasteiger partial charge in [-0.25, -0.2) is 0 Å². The van der Waals surface area contributed by atoms with E-state index in [4.69, 9.17) is 4.74 Å². The van der Waals surface area contributed by atoms with Gasteiger partial charge in [-0.3, -0.25) is 4.21 Å². The second-order valence-corrected chi connectivity index (χ2v) is 4.93. The smallest absolute Gasteiger partial charge is 0.138 e. The Labute approximate surface area is 85.4 Å². The van der Waals surface area contributed by atoms with Gasteiger partial charge in [0, 0.05) is 6.42 Å². The summed E-state index contributed by atoms with van der Waals surface area (Å²) in [7, 11) is 0. The van der Waals surface area contributed by atoms with Gasteiger partial charge >= 0.3 is 0 Å². The summed E-state index contributed by atoms with van der Waals surface area (Å²) in [6.45, 7) is 3.90. The molecule has 1 aromatic carbocycles. The van der Waals surface area contributed by atoms with Crippen molar-refractivity contribution in [1.82, 2.24) is 0 Å². The largest absolute Gasteiger partial charge is 0.768 e. The third-order valence-corrected chi connectivity index (χ3v) is 2.92. The van der Waals surface area contributed by atoms with Crippen molar-refractivity contribution in [2.24, 2.45) is 0 Å². The molecular weight excluding hydrogens is 200 g/mol. The van der Waals surface area contributed by atoms with E-state index in [0.29, 0.717) is 5.75 Å². The second kappa shape index (κ2) is 3.07. The summed E-state index contributed by atoms with van der Waals surface area (Å²) in [4.78, 5) is 0.257. The van der Waals surface area contributed by atoms with E-state index in [1.54, 1.807) is 12.1 Å². The van der Waals surface area contributed by atoms with Crippen molar-refractivity contribution < 1.29 is 13.5 Å². The quantitative estimate of drug-likeness (QED) is 0.663. The maximum Gasteiger partial charge on any atom is 0.138 e. The lowest BCUT2D eigenvalue weighted by Gasteiger charge is -2.18. The number of rotatable bonds is 1. The highest BCUT2D eigenvalue weighted by Gasteiger charge is 2.31. The number of hydrogen-bond donors (Lipinski definition) is 0. The Kier molecular flexibility index (Phi) is 2.12. The van der Waals surface area contributed by atoms with E-state index in [0.717, 1.165) is 12.0 Å². The van der Waals surface area contributed by atoms with Gasteiger partial charge in [-0.05, 0) is 36.6 Å². The maximum absolute atomic E-state index is 10.9. The van der Waals surface area contributed by atoms with E-state index < -0.39 is 11.1 Å². The molecule has 0 fully saturated rings. The molecule has 0 aromatic heterocycles. The molecule has 14 heavy (non-hydrogen) atoms. The molecule has 0 aliphatic carbocycles. The Morgan fingerprint density at radius 1 is 1.50 bits per heavy atom. The fraction of sp³-hybridized carbons (Fsp3) is 0.400. The third kappa shape index (κ3) is 1.55. The van der Waals surface area contributed by atoms with Crippen LogP contribution in [0.1, 0.15) is 19.4 Å². The molecule has 1 aromatic rings. The van der Waals surface area contributed by atoms with Gasteiger partial charge in [0.05, 0.1) is 4.90 Å². The molecule has 0 radical (unpaired) electrons. The van der Waals surface area contributed by atoms with Crippen molar-refractivity contribution in [2.75, 3.05) is 0 Å². The highest BCUT2D eigenvalue weighted by atomic mass is 32.2. The molecule has 0 saturated heterocycles. The predicted molar refractivity (Wildman–Crippen MR) is 52.0 cm³/mol. The average Bonchev–Trinajstić information content (AvgIpc) is 2.36. The minimum Gasteiger partial charge on any atom is -0.768 e. The SMILES string of the molecule is CC1(C)Cc2cccc(S(=O)[O-])c2O1. The molecule has 3 nitrogen and oxygen atoms in total. The van der Waals surface area contributed by atoms with Crippen LogP contribution in [0.3, 0.4) is 0 Å². The summed E-state index contributed by atoms with van der Waals surface area (Å²) >= 11 is -2.22. The van der Waals surface area contributed by atoms with Crippen LogP contribution in [0.5, 0.6) is 5.75 Å². The minimum absolute atomic E-state index is 0.257. The van der Waals surface area contributed by atoms with Gasteiger partial charge in [-0.1, -0.05) is 12.1 Å². The van der Waals surface area contributed by atoms with Crippen LogP contribution in [0.15, 0.2) is 23.1 Å². The number of hydrogen-bond acceptors (Lipinski definition) is 3. The van der Waals surface area contributed by atoms with Crippen LogP contribution in [0.2, 0.25) is 0 Å². The van der Waals surface area contributed by atoms with Crippen molar-refractivity contribution in [3.8, 4) is 5.75 Å². The monoisotopic (exact) mass is 211 g/mol. The zero-order chi connectivity index (χ0) is 10.3. The summed E-state index contributed by atoms with van der Waals surface area (Å²) in [5.74, 6) is 0.519. The standard InChI is InChI=1S/C10H12O3S/c1-10(2)6-7-4-3-5-8(14(11)12)9(7)13-10/h3-5H,6H2,1-2H3,(H,11,12)/p-1. The molecule has 2 rings (SSSR count). The number of para-hydroxylation sites is 1. The van der Waals surface area contributed by atoms with Crippen LogP contribution < -0.4 is 4.74 Å². The van der Waals surface area contributed by atoms with E-state index in [-0.39, 0.29) is 10.5 Å². The van der Waals surface area contributed by atoms with E-state index in [9.17, 15) is 8.76 Å². The van der Waals surface area contributed by atoms with Crippen molar-refractivity contribution in [3.63, 3.8) is 0 Å². The molecule has 1 aliphatic heterocycles. The van der Waals surface area contributed by atoms with E-state index in [1.165, 1.54) is 0 Å². The number of fused-ring (bicyclic) bond motifs is 1. The first-order valence-electron chi connectivity index (χ1n) is 4.40. The molecule has 1 heterocycles. The van der Waals surface area contributed by atoms with E-state index in [1.807, 2.05) is 19.9 Å². The van der Waals surface area contributed by atoms with Crippen molar-refractivity contribution in [3.05, 3.63) is 23.8 Å². The fourth-order valence-electron chi connectivity index (χ4n) is 1.72. The summed E-state index contributed by atoms with van der Waals surface area (Å²) in [5.41, 5.74) is 0.675. The Balaban J connectivity index is 2.52.